The normalized spacial score (nSPS) is 18.1. The molecule has 0 bridgehead atoms. The average molecular weight is 127 g/mol. The highest BCUT2D eigenvalue weighted by molar-refractivity contribution is 6.13. The molecule has 0 aromatic carbocycles. The van der Waals surface area contributed by atoms with E-state index >= 15 is 0 Å². The standard InChI is InChI=1S/C5H9N3O/c1-6-4-7(2)5(9)8(4)3/h1-3H3. The largest absolute Gasteiger partial charge is 0.333 e. The van der Waals surface area contributed by atoms with Crippen LogP contribution in [-0.4, -0.2) is 42.9 Å². The number of carbonyl (C=O) groups is 1. The maximum Gasteiger partial charge on any atom is 0.333 e. The average Bonchev–Trinajstić information content (AvgIpc) is 1.89. The molecule has 0 aliphatic carbocycles. The number of rotatable bonds is 0. The van der Waals surface area contributed by atoms with Crippen molar-refractivity contribution in [3.05, 3.63) is 0 Å². The second-order valence-electron chi connectivity index (χ2n) is 1.92. The van der Waals surface area contributed by atoms with Crippen LogP contribution in [0.2, 0.25) is 0 Å². The lowest BCUT2D eigenvalue weighted by Gasteiger charge is -2.37. The van der Waals surface area contributed by atoms with Crippen molar-refractivity contribution in [1.82, 2.24) is 9.80 Å². The van der Waals surface area contributed by atoms with Crippen molar-refractivity contribution in [2.24, 2.45) is 4.99 Å². The molecule has 0 aromatic rings. The fourth-order valence-corrected chi connectivity index (χ4v) is 0.876. The third-order valence-corrected chi connectivity index (χ3v) is 1.37. The van der Waals surface area contributed by atoms with Gasteiger partial charge in [0, 0.05) is 21.1 Å². The molecule has 9 heavy (non-hydrogen) atoms. The Bertz CT molecular complexity index is 161. The van der Waals surface area contributed by atoms with Crippen LogP contribution in [0.3, 0.4) is 0 Å². The first-order valence-electron chi connectivity index (χ1n) is 2.66. The van der Waals surface area contributed by atoms with Crippen LogP contribution >= 0.6 is 0 Å². The summed E-state index contributed by atoms with van der Waals surface area (Å²) in [6.45, 7) is 0. The molecule has 0 N–H and O–H groups in total. The summed E-state index contributed by atoms with van der Waals surface area (Å²) in [5.74, 6) is 0.722. The lowest BCUT2D eigenvalue weighted by atomic mass is 10.5. The lowest BCUT2D eigenvalue weighted by Crippen LogP contribution is -2.60. The molecule has 0 spiro atoms. The van der Waals surface area contributed by atoms with Crippen molar-refractivity contribution in [2.45, 2.75) is 0 Å². The molecule has 50 valence electrons. The Labute approximate surface area is 53.8 Å². The summed E-state index contributed by atoms with van der Waals surface area (Å²) in [4.78, 5) is 17.6. The molecule has 4 nitrogen and oxygen atoms in total. The van der Waals surface area contributed by atoms with Crippen LogP contribution in [0.15, 0.2) is 4.99 Å². The zero-order valence-electron chi connectivity index (χ0n) is 5.75. The van der Waals surface area contributed by atoms with Gasteiger partial charge in [0.2, 0.25) is 5.96 Å². The summed E-state index contributed by atoms with van der Waals surface area (Å²) in [7, 11) is 5.06. The molecule has 2 amide bonds. The first-order valence-corrected chi connectivity index (χ1v) is 2.66. The summed E-state index contributed by atoms with van der Waals surface area (Å²) < 4.78 is 0. The molecule has 0 unspecified atom stereocenters. The van der Waals surface area contributed by atoms with Gasteiger partial charge in [-0.25, -0.2) is 4.79 Å². The Balaban J connectivity index is 2.73. The highest BCUT2D eigenvalue weighted by atomic mass is 16.2. The minimum atomic E-state index is -0.00407. The van der Waals surface area contributed by atoms with Crippen molar-refractivity contribution in [3.8, 4) is 0 Å². The van der Waals surface area contributed by atoms with Crippen molar-refractivity contribution in [2.75, 3.05) is 21.1 Å². The molecular formula is C5H9N3O. The van der Waals surface area contributed by atoms with Gasteiger partial charge in [0.25, 0.3) is 0 Å². The maximum absolute atomic E-state index is 10.7. The van der Waals surface area contributed by atoms with Crippen LogP contribution in [0.25, 0.3) is 0 Å². The van der Waals surface area contributed by atoms with Crippen molar-refractivity contribution in [3.63, 3.8) is 0 Å². The lowest BCUT2D eigenvalue weighted by molar-refractivity contribution is 0.183. The third-order valence-electron chi connectivity index (χ3n) is 1.37. The van der Waals surface area contributed by atoms with E-state index in [1.54, 1.807) is 21.1 Å². The molecule has 1 saturated heterocycles. The van der Waals surface area contributed by atoms with Gasteiger partial charge in [-0.1, -0.05) is 0 Å². The van der Waals surface area contributed by atoms with Gasteiger partial charge in [0.1, 0.15) is 0 Å². The molecular weight excluding hydrogens is 118 g/mol. The fourth-order valence-electron chi connectivity index (χ4n) is 0.876. The molecule has 1 heterocycles. The van der Waals surface area contributed by atoms with E-state index < -0.39 is 0 Å². The van der Waals surface area contributed by atoms with E-state index in [4.69, 9.17) is 0 Å². The van der Waals surface area contributed by atoms with E-state index in [-0.39, 0.29) is 6.03 Å². The van der Waals surface area contributed by atoms with Crippen LogP contribution < -0.4 is 0 Å². The summed E-state index contributed by atoms with van der Waals surface area (Å²) in [5, 5.41) is 0. The molecule has 4 heteroatoms. The van der Waals surface area contributed by atoms with E-state index in [0.717, 1.165) is 5.96 Å². The Hall–Kier alpha value is -1.06. The van der Waals surface area contributed by atoms with Crippen molar-refractivity contribution >= 4 is 12.0 Å². The third kappa shape index (κ3) is 0.590. The number of guanidine groups is 1. The first kappa shape index (κ1) is 6.07. The van der Waals surface area contributed by atoms with E-state index in [2.05, 4.69) is 4.99 Å². The molecule has 0 radical (unpaired) electrons. The summed E-state index contributed by atoms with van der Waals surface area (Å²) in [6, 6.07) is -0.00407. The number of hydrogen-bond donors (Lipinski definition) is 0. The van der Waals surface area contributed by atoms with E-state index in [9.17, 15) is 4.79 Å². The van der Waals surface area contributed by atoms with Gasteiger partial charge in [0.15, 0.2) is 0 Å². The highest BCUT2D eigenvalue weighted by Crippen LogP contribution is 2.09. The Morgan fingerprint density at radius 2 is 1.78 bits per heavy atom. The predicted octanol–water partition coefficient (Wildman–Crippen LogP) is -0.0306. The zero-order chi connectivity index (χ0) is 7.02. The van der Waals surface area contributed by atoms with Crippen LogP contribution in [0.1, 0.15) is 0 Å². The van der Waals surface area contributed by atoms with Crippen molar-refractivity contribution in [1.29, 1.82) is 0 Å². The SMILES string of the molecule is CN=C1N(C)C(=O)N1C. The number of hydrogen-bond acceptors (Lipinski definition) is 2. The quantitative estimate of drug-likeness (QED) is 0.450. The molecule has 0 atom stereocenters. The minimum Gasteiger partial charge on any atom is -0.267 e. The highest BCUT2D eigenvalue weighted by Gasteiger charge is 2.34. The van der Waals surface area contributed by atoms with Gasteiger partial charge in [-0.05, 0) is 0 Å². The second-order valence-corrected chi connectivity index (χ2v) is 1.92. The number of aliphatic imine (C=N–C) groups is 1. The van der Waals surface area contributed by atoms with E-state index in [1.807, 2.05) is 0 Å². The Kier molecular flexibility index (Phi) is 1.16. The number of nitrogens with zero attached hydrogens (tertiary/aromatic N) is 3. The Morgan fingerprint density at radius 1 is 1.33 bits per heavy atom. The molecule has 1 fully saturated rings. The van der Waals surface area contributed by atoms with Gasteiger partial charge in [-0.2, -0.15) is 0 Å². The zero-order valence-corrected chi connectivity index (χ0v) is 5.75. The molecule has 1 rings (SSSR count). The van der Waals surface area contributed by atoms with Gasteiger partial charge in [-0.15, -0.1) is 0 Å². The fraction of sp³-hybridized carbons (Fsp3) is 0.600. The molecule has 1 aliphatic rings. The van der Waals surface area contributed by atoms with E-state index in [1.165, 1.54) is 9.80 Å². The topological polar surface area (TPSA) is 35.9 Å². The molecule has 0 saturated carbocycles. The van der Waals surface area contributed by atoms with Crippen LogP contribution in [-0.2, 0) is 0 Å². The number of amides is 2. The predicted molar refractivity (Wildman–Crippen MR) is 34.3 cm³/mol. The smallest absolute Gasteiger partial charge is 0.267 e. The van der Waals surface area contributed by atoms with Gasteiger partial charge in [-0.3, -0.25) is 14.8 Å². The van der Waals surface area contributed by atoms with Gasteiger partial charge in [0.05, 0.1) is 0 Å². The van der Waals surface area contributed by atoms with Gasteiger partial charge >= 0.3 is 6.03 Å². The number of urea groups is 1. The Morgan fingerprint density at radius 3 is 2.00 bits per heavy atom. The molecule has 1 aliphatic heterocycles. The van der Waals surface area contributed by atoms with Gasteiger partial charge < -0.3 is 0 Å². The number of carbonyl (C=O) groups excluding carboxylic acids is 1. The summed E-state index contributed by atoms with van der Waals surface area (Å²) >= 11 is 0. The van der Waals surface area contributed by atoms with Crippen LogP contribution in [0.4, 0.5) is 4.79 Å². The molecule has 0 aromatic heterocycles. The van der Waals surface area contributed by atoms with Crippen LogP contribution in [0.5, 0.6) is 0 Å². The van der Waals surface area contributed by atoms with Crippen LogP contribution in [0, 0.1) is 0 Å². The summed E-state index contributed by atoms with van der Waals surface area (Å²) in [5.41, 5.74) is 0. The van der Waals surface area contributed by atoms with Crippen molar-refractivity contribution < 1.29 is 4.79 Å². The minimum absolute atomic E-state index is 0.00407. The monoisotopic (exact) mass is 127 g/mol. The van der Waals surface area contributed by atoms with E-state index in [0.29, 0.717) is 0 Å². The second kappa shape index (κ2) is 1.72. The summed E-state index contributed by atoms with van der Waals surface area (Å²) in [6.07, 6.45) is 0. The maximum atomic E-state index is 10.7. The first-order chi connectivity index (χ1) is 4.18.